The summed E-state index contributed by atoms with van der Waals surface area (Å²) in [5.41, 5.74) is 3.69. The van der Waals surface area contributed by atoms with E-state index in [0.717, 1.165) is 0 Å². The molecule has 0 saturated carbocycles. The molecule has 0 aromatic heterocycles. The molecule has 0 spiro atoms. The zero-order chi connectivity index (χ0) is 23.1. The number of hydrazone groups is 1. The normalized spacial score (nSPS) is 10.6. The van der Waals surface area contributed by atoms with E-state index < -0.39 is 11.9 Å². The number of ether oxygens (including phenoxy) is 3. The Morgan fingerprint density at radius 2 is 1.56 bits per heavy atom. The molecule has 3 aromatic rings. The van der Waals surface area contributed by atoms with Gasteiger partial charge in [-0.2, -0.15) is 5.10 Å². The van der Waals surface area contributed by atoms with Gasteiger partial charge >= 0.3 is 5.97 Å². The topological polar surface area (TPSA) is 86.2 Å². The van der Waals surface area contributed by atoms with Crippen LogP contribution in [0, 0.1) is 0 Å². The number of nitrogens with one attached hydrogen (secondary N) is 1. The van der Waals surface area contributed by atoms with Crippen molar-refractivity contribution in [2.45, 2.75) is 0 Å². The molecule has 164 valence electrons. The van der Waals surface area contributed by atoms with Gasteiger partial charge in [0.2, 0.25) is 0 Å². The lowest BCUT2D eigenvalue weighted by Crippen LogP contribution is -2.17. The van der Waals surface area contributed by atoms with E-state index in [1.807, 2.05) is 0 Å². The van der Waals surface area contributed by atoms with Crippen LogP contribution in [0.1, 0.15) is 26.3 Å². The summed E-state index contributed by atoms with van der Waals surface area (Å²) in [6.45, 7) is 0. The van der Waals surface area contributed by atoms with Gasteiger partial charge in [0.25, 0.3) is 5.91 Å². The number of halogens is 2. The lowest BCUT2D eigenvalue weighted by atomic mass is 10.2. The number of methoxy groups -OCH3 is 2. The summed E-state index contributed by atoms with van der Waals surface area (Å²) < 4.78 is 15.8. The molecule has 9 heteroatoms. The maximum atomic E-state index is 12.4. The molecule has 0 unspecified atom stereocenters. The molecule has 1 amide bonds. The third-order valence-corrected chi connectivity index (χ3v) is 5.02. The van der Waals surface area contributed by atoms with Gasteiger partial charge in [-0.15, -0.1) is 0 Å². The smallest absolute Gasteiger partial charge is 0.343 e. The summed E-state index contributed by atoms with van der Waals surface area (Å²) in [6.07, 6.45) is 1.42. The first kappa shape index (κ1) is 23.1. The highest BCUT2D eigenvalue weighted by Crippen LogP contribution is 2.28. The maximum absolute atomic E-state index is 12.4. The van der Waals surface area contributed by atoms with Crippen LogP contribution in [0.25, 0.3) is 0 Å². The van der Waals surface area contributed by atoms with Gasteiger partial charge in [0.15, 0.2) is 11.5 Å². The largest absolute Gasteiger partial charge is 0.497 e. The fraction of sp³-hybridized carbons (Fsp3) is 0.0870. The van der Waals surface area contributed by atoms with Crippen LogP contribution in [0.5, 0.6) is 17.2 Å². The number of hydrogen-bond donors (Lipinski definition) is 1. The van der Waals surface area contributed by atoms with Gasteiger partial charge in [-0.25, -0.2) is 10.2 Å². The molecule has 1 N–H and O–H groups in total. The molecule has 0 radical (unpaired) electrons. The highest BCUT2D eigenvalue weighted by Gasteiger charge is 2.13. The van der Waals surface area contributed by atoms with Crippen molar-refractivity contribution in [3.8, 4) is 17.2 Å². The molecule has 32 heavy (non-hydrogen) atoms. The van der Waals surface area contributed by atoms with Crippen molar-refractivity contribution in [1.82, 2.24) is 5.43 Å². The second kappa shape index (κ2) is 10.7. The van der Waals surface area contributed by atoms with Crippen molar-refractivity contribution in [3.05, 3.63) is 87.4 Å². The Morgan fingerprint density at radius 3 is 2.22 bits per heavy atom. The van der Waals surface area contributed by atoms with Crippen LogP contribution >= 0.6 is 23.2 Å². The fourth-order valence-electron chi connectivity index (χ4n) is 2.60. The number of esters is 1. The van der Waals surface area contributed by atoms with E-state index in [9.17, 15) is 9.59 Å². The highest BCUT2D eigenvalue weighted by atomic mass is 35.5. The Labute approximate surface area is 194 Å². The van der Waals surface area contributed by atoms with E-state index in [-0.39, 0.29) is 10.8 Å². The number of rotatable bonds is 7. The Morgan fingerprint density at radius 1 is 0.844 bits per heavy atom. The van der Waals surface area contributed by atoms with Crippen molar-refractivity contribution in [3.63, 3.8) is 0 Å². The summed E-state index contributed by atoms with van der Waals surface area (Å²) in [7, 11) is 2.99. The molecule has 3 aromatic carbocycles. The van der Waals surface area contributed by atoms with E-state index in [1.54, 1.807) is 49.6 Å². The van der Waals surface area contributed by atoms with Crippen molar-refractivity contribution in [2.75, 3.05) is 14.2 Å². The second-order valence-electron chi connectivity index (χ2n) is 6.36. The predicted molar refractivity (Wildman–Crippen MR) is 122 cm³/mol. The van der Waals surface area contributed by atoms with Gasteiger partial charge < -0.3 is 14.2 Å². The van der Waals surface area contributed by atoms with E-state index >= 15 is 0 Å². The lowest BCUT2D eigenvalue weighted by Gasteiger charge is -2.10. The van der Waals surface area contributed by atoms with Crippen LogP contribution in [0.4, 0.5) is 0 Å². The Kier molecular flexibility index (Phi) is 7.70. The zero-order valence-corrected chi connectivity index (χ0v) is 18.6. The van der Waals surface area contributed by atoms with E-state index in [2.05, 4.69) is 10.5 Å². The standard InChI is InChI=1S/C23H18Cl2N2O5/c1-30-17-7-4-15(5-8-17)23(29)32-20-10-3-14(11-21(20)31-2)13-26-27-22(28)16-6-9-18(24)19(25)12-16/h3-13H,1-2H3,(H,27,28). The van der Waals surface area contributed by atoms with E-state index in [0.29, 0.717) is 33.2 Å². The van der Waals surface area contributed by atoms with Crippen molar-refractivity contribution in [1.29, 1.82) is 0 Å². The monoisotopic (exact) mass is 472 g/mol. The second-order valence-corrected chi connectivity index (χ2v) is 7.17. The SMILES string of the molecule is COc1ccc(C(=O)Oc2ccc(C=NNC(=O)c3ccc(Cl)c(Cl)c3)cc2OC)cc1. The molecule has 0 aliphatic rings. The van der Waals surface area contributed by atoms with Crippen LogP contribution < -0.4 is 19.6 Å². The number of hydrogen-bond acceptors (Lipinski definition) is 6. The Balaban J connectivity index is 1.66. The number of carbonyl (C=O) groups is 2. The number of carbonyl (C=O) groups excluding carboxylic acids is 2. The predicted octanol–water partition coefficient (Wildman–Crippen LogP) is 4.99. The summed E-state index contributed by atoms with van der Waals surface area (Å²) in [5.74, 6) is 0.212. The van der Waals surface area contributed by atoms with Crippen LogP contribution in [0.2, 0.25) is 10.0 Å². The van der Waals surface area contributed by atoms with Crippen LogP contribution in [-0.4, -0.2) is 32.3 Å². The van der Waals surface area contributed by atoms with Gasteiger partial charge in [-0.05, 0) is 66.2 Å². The average molecular weight is 473 g/mol. The molecule has 0 heterocycles. The number of nitrogens with zero attached hydrogens (tertiary/aromatic N) is 1. The van der Waals surface area contributed by atoms with Gasteiger partial charge in [0.05, 0.1) is 36.0 Å². The Bertz CT molecular complexity index is 1160. The molecular formula is C23H18Cl2N2O5. The average Bonchev–Trinajstić information content (AvgIpc) is 2.81. The minimum absolute atomic E-state index is 0.241. The van der Waals surface area contributed by atoms with Crippen molar-refractivity contribution < 1.29 is 23.8 Å². The fourth-order valence-corrected chi connectivity index (χ4v) is 2.90. The molecule has 0 atom stereocenters. The highest BCUT2D eigenvalue weighted by molar-refractivity contribution is 6.42. The maximum Gasteiger partial charge on any atom is 0.343 e. The van der Waals surface area contributed by atoms with Gasteiger partial charge in [-0.1, -0.05) is 23.2 Å². The first-order valence-electron chi connectivity index (χ1n) is 9.24. The van der Waals surface area contributed by atoms with Crippen LogP contribution in [0.3, 0.4) is 0 Å². The summed E-state index contributed by atoms with van der Waals surface area (Å²) in [4.78, 5) is 24.5. The zero-order valence-electron chi connectivity index (χ0n) is 17.1. The number of benzene rings is 3. The van der Waals surface area contributed by atoms with Crippen LogP contribution in [-0.2, 0) is 0 Å². The van der Waals surface area contributed by atoms with E-state index in [1.165, 1.54) is 31.5 Å². The number of amides is 1. The minimum Gasteiger partial charge on any atom is -0.497 e. The first-order chi connectivity index (χ1) is 15.4. The van der Waals surface area contributed by atoms with Crippen molar-refractivity contribution >= 4 is 41.3 Å². The molecular weight excluding hydrogens is 455 g/mol. The lowest BCUT2D eigenvalue weighted by molar-refractivity contribution is 0.0729. The first-order valence-corrected chi connectivity index (χ1v) is 9.99. The van der Waals surface area contributed by atoms with Gasteiger partial charge in [-0.3, -0.25) is 4.79 Å². The third-order valence-electron chi connectivity index (χ3n) is 4.28. The summed E-state index contributed by atoms with van der Waals surface area (Å²) in [5, 5.41) is 4.55. The van der Waals surface area contributed by atoms with Crippen LogP contribution in [0.15, 0.2) is 65.8 Å². The summed E-state index contributed by atoms with van der Waals surface area (Å²) >= 11 is 11.8. The molecule has 7 nitrogen and oxygen atoms in total. The molecule has 0 fully saturated rings. The minimum atomic E-state index is -0.541. The third kappa shape index (κ3) is 5.78. The molecule has 0 aliphatic heterocycles. The molecule has 0 saturated heterocycles. The van der Waals surface area contributed by atoms with Gasteiger partial charge in [0.1, 0.15) is 5.75 Å². The molecule has 0 aliphatic carbocycles. The molecule has 0 bridgehead atoms. The molecule has 3 rings (SSSR count). The Hall–Kier alpha value is -3.55. The van der Waals surface area contributed by atoms with Gasteiger partial charge in [0, 0.05) is 5.56 Å². The summed E-state index contributed by atoms with van der Waals surface area (Å²) in [6, 6.07) is 15.9. The quantitative estimate of drug-likeness (QED) is 0.226. The van der Waals surface area contributed by atoms with Crippen molar-refractivity contribution in [2.24, 2.45) is 5.10 Å². The van der Waals surface area contributed by atoms with E-state index in [4.69, 9.17) is 37.4 Å².